The fraction of sp³-hybridized carbons (Fsp3) is 0. The number of ketones is 1. The summed E-state index contributed by atoms with van der Waals surface area (Å²) >= 11 is 0. The Morgan fingerprint density at radius 1 is 0.900 bits per heavy atom. The molecule has 0 bridgehead atoms. The van der Waals surface area contributed by atoms with E-state index < -0.39 is 10.9 Å². The van der Waals surface area contributed by atoms with E-state index in [9.17, 15) is 25.0 Å². The van der Waals surface area contributed by atoms with Gasteiger partial charge in [0.2, 0.25) is 5.78 Å². The van der Waals surface area contributed by atoms with Gasteiger partial charge in [-0.15, -0.1) is 0 Å². The zero-order valence-electron chi connectivity index (χ0n) is 15.5. The Bertz CT molecular complexity index is 1160. The van der Waals surface area contributed by atoms with Crippen LogP contribution in [-0.2, 0) is 0 Å². The maximum atomic E-state index is 12.4. The molecule has 0 N–H and O–H groups in total. The van der Waals surface area contributed by atoms with Gasteiger partial charge in [0.15, 0.2) is 0 Å². The number of benzene rings is 3. The van der Waals surface area contributed by atoms with Crippen LogP contribution < -0.4 is 4.74 Å². The second kappa shape index (κ2) is 9.08. The van der Waals surface area contributed by atoms with E-state index in [2.05, 4.69) is 0 Å². The molecule has 0 fully saturated rings. The van der Waals surface area contributed by atoms with Crippen LogP contribution in [0.5, 0.6) is 5.75 Å². The molecule has 0 unspecified atom stereocenters. The van der Waals surface area contributed by atoms with Crippen molar-refractivity contribution in [1.29, 1.82) is 5.26 Å². The average Bonchev–Trinajstić information content (AvgIpc) is 2.78. The van der Waals surface area contributed by atoms with Gasteiger partial charge in [0, 0.05) is 17.7 Å². The SMILES string of the molecule is N#CC(=Cc1ccc(OC(=O)c2ccc([N+](=O)[O-])cc2)cc1)C(=O)c1ccccc1. The molecule has 0 heterocycles. The highest BCUT2D eigenvalue weighted by molar-refractivity contribution is 6.14. The molecule has 0 radical (unpaired) electrons. The molecule has 3 aromatic carbocycles. The lowest BCUT2D eigenvalue weighted by molar-refractivity contribution is -0.384. The highest BCUT2D eigenvalue weighted by Gasteiger charge is 2.13. The third kappa shape index (κ3) is 4.82. The summed E-state index contributed by atoms with van der Waals surface area (Å²) in [5, 5.41) is 20.0. The molecule has 0 amide bonds. The van der Waals surface area contributed by atoms with E-state index in [4.69, 9.17) is 4.74 Å². The summed E-state index contributed by atoms with van der Waals surface area (Å²) in [7, 11) is 0. The largest absolute Gasteiger partial charge is 0.423 e. The van der Waals surface area contributed by atoms with E-state index in [1.165, 1.54) is 42.5 Å². The molecular formula is C23H14N2O5. The van der Waals surface area contributed by atoms with Crippen molar-refractivity contribution in [1.82, 2.24) is 0 Å². The Hall–Kier alpha value is -4.57. The first kappa shape index (κ1) is 20.2. The Morgan fingerprint density at radius 2 is 1.53 bits per heavy atom. The zero-order valence-corrected chi connectivity index (χ0v) is 15.5. The predicted molar refractivity (Wildman–Crippen MR) is 109 cm³/mol. The number of nitriles is 1. The van der Waals surface area contributed by atoms with Crippen molar-refractivity contribution in [2.24, 2.45) is 0 Å². The van der Waals surface area contributed by atoms with Crippen LogP contribution in [0.3, 0.4) is 0 Å². The molecule has 30 heavy (non-hydrogen) atoms. The van der Waals surface area contributed by atoms with Crippen molar-refractivity contribution in [3.63, 3.8) is 0 Å². The van der Waals surface area contributed by atoms with E-state index in [0.717, 1.165) is 0 Å². The number of rotatable bonds is 6. The molecule has 3 aromatic rings. The molecule has 0 atom stereocenters. The first-order valence-electron chi connectivity index (χ1n) is 8.76. The first-order chi connectivity index (χ1) is 14.5. The quantitative estimate of drug-likeness (QED) is 0.114. The fourth-order valence-corrected chi connectivity index (χ4v) is 2.58. The summed E-state index contributed by atoms with van der Waals surface area (Å²) in [5.74, 6) is -0.791. The lowest BCUT2D eigenvalue weighted by Gasteiger charge is -2.05. The minimum Gasteiger partial charge on any atom is -0.423 e. The van der Waals surface area contributed by atoms with Gasteiger partial charge in [-0.3, -0.25) is 14.9 Å². The summed E-state index contributed by atoms with van der Waals surface area (Å²) in [6, 6.07) is 21.7. The van der Waals surface area contributed by atoms with E-state index in [1.54, 1.807) is 42.5 Å². The number of allylic oxidation sites excluding steroid dienone is 1. The summed E-state index contributed by atoms with van der Waals surface area (Å²) in [6.45, 7) is 0. The molecule has 7 nitrogen and oxygen atoms in total. The van der Waals surface area contributed by atoms with Crippen molar-refractivity contribution < 1.29 is 19.2 Å². The Morgan fingerprint density at radius 3 is 2.10 bits per heavy atom. The minimum atomic E-state index is -0.662. The van der Waals surface area contributed by atoms with Crippen LogP contribution in [0.4, 0.5) is 5.69 Å². The molecule has 0 saturated heterocycles. The lowest BCUT2D eigenvalue weighted by atomic mass is 10.0. The van der Waals surface area contributed by atoms with Crippen LogP contribution in [0.2, 0.25) is 0 Å². The van der Waals surface area contributed by atoms with Gasteiger partial charge in [0.1, 0.15) is 17.4 Å². The van der Waals surface area contributed by atoms with E-state index in [1.807, 2.05) is 6.07 Å². The van der Waals surface area contributed by atoms with Gasteiger partial charge in [0.25, 0.3) is 5.69 Å². The number of carbonyl (C=O) groups is 2. The summed E-state index contributed by atoms with van der Waals surface area (Å²) in [4.78, 5) is 34.7. The highest BCUT2D eigenvalue weighted by atomic mass is 16.6. The molecule has 0 aliphatic heterocycles. The van der Waals surface area contributed by atoms with Crippen molar-refractivity contribution in [3.8, 4) is 11.8 Å². The second-order valence-corrected chi connectivity index (χ2v) is 6.13. The number of nitro groups is 1. The van der Waals surface area contributed by atoms with Gasteiger partial charge in [-0.25, -0.2) is 4.79 Å². The average molecular weight is 398 g/mol. The monoisotopic (exact) mass is 398 g/mol. The lowest BCUT2D eigenvalue weighted by Crippen LogP contribution is -2.08. The summed E-state index contributed by atoms with van der Waals surface area (Å²) in [6.07, 6.45) is 1.46. The molecule has 3 rings (SSSR count). The molecule has 146 valence electrons. The maximum absolute atomic E-state index is 12.4. The van der Waals surface area contributed by atoms with Crippen molar-refractivity contribution in [3.05, 3.63) is 111 Å². The Kier molecular flexibility index (Phi) is 6.11. The summed E-state index contributed by atoms with van der Waals surface area (Å²) in [5.41, 5.74) is 1.03. The van der Waals surface area contributed by atoms with E-state index in [-0.39, 0.29) is 28.4 Å². The van der Waals surface area contributed by atoms with Gasteiger partial charge < -0.3 is 4.74 Å². The highest BCUT2D eigenvalue weighted by Crippen LogP contribution is 2.19. The normalized spacial score (nSPS) is 10.7. The third-order valence-electron chi connectivity index (χ3n) is 4.12. The minimum absolute atomic E-state index is 0.0168. The van der Waals surface area contributed by atoms with Crippen molar-refractivity contribution in [2.45, 2.75) is 0 Å². The number of Topliss-reactive ketones (excluding diaryl/α,β-unsaturated/α-hetero) is 1. The fourth-order valence-electron chi connectivity index (χ4n) is 2.58. The molecular weight excluding hydrogens is 384 g/mol. The number of ether oxygens (including phenoxy) is 1. The number of nitro benzene ring substituents is 1. The number of non-ortho nitro benzene ring substituents is 1. The zero-order chi connectivity index (χ0) is 21.5. The van der Waals surface area contributed by atoms with Crippen LogP contribution in [0.15, 0.2) is 84.4 Å². The second-order valence-electron chi connectivity index (χ2n) is 6.13. The van der Waals surface area contributed by atoms with Gasteiger partial charge in [-0.05, 0) is 35.9 Å². The van der Waals surface area contributed by atoms with Gasteiger partial charge >= 0.3 is 5.97 Å². The predicted octanol–water partition coefficient (Wildman–Crippen LogP) is 4.60. The molecule has 0 aromatic heterocycles. The van der Waals surface area contributed by atoms with Crippen LogP contribution in [0.1, 0.15) is 26.3 Å². The molecule has 0 spiro atoms. The Labute approximate surface area is 171 Å². The molecule has 0 saturated carbocycles. The van der Waals surface area contributed by atoms with Gasteiger partial charge in [-0.2, -0.15) is 5.26 Å². The molecule has 0 aliphatic carbocycles. The smallest absolute Gasteiger partial charge is 0.343 e. The maximum Gasteiger partial charge on any atom is 0.343 e. The standard InChI is InChI=1S/C23H14N2O5/c24-15-19(22(26)17-4-2-1-3-5-17)14-16-6-12-21(13-7-16)30-23(27)18-8-10-20(11-9-18)25(28)29/h1-14H. The number of hydrogen-bond acceptors (Lipinski definition) is 6. The van der Waals surface area contributed by atoms with Crippen LogP contribution >= 0.6 is 0 Å². The number of hydrogen-bond donors (Lipinski definition) is 0. The van der Waals surface area contributed by atoms with E-state index >= 15 is 0 Å². The molecule has 7 heteroatoms. The van der Waals surface area contributed by atoms with Crippen LogP contribution in [0, 0.1) is 21.4 Å². The van der Waals surface area contributed by atoms with Crippen LogP contribution in [0.25, 0.3) is 6.08 Å². The first-order valence-corrected chi connectivity index (χ1v) is 8.76. The number of esters is 1. The molecule has 0 aliphatic rings. The van der Waals surface area contributed by atoms with Gasteiger partial charge in [0.05, 0.1) is 10.5 Å². The third-order valence-corrected chi connectivity index (χ3v) is 4.12. The van der Waals surface area contributed by atoms with Gasteiger partial charge in [-0.1, -0.05) is 42.5 Å². The number of nitrogens with zero attached hydrogens (tertiary/aromatic N) is 2. The topological polar surface area (TPSA) is 110 Å². The van der Waals surface area contributed by atoms with Crippen molar-refractivity contribution >= 4 is 23.5 Å². The Balaban J connectivity index is 1.71. The van der Waals surface area contributed by atoms with Crippen LogP contribution in [-0.4, -0.2) is 16.7 Å². The number of carbonyl (C=O) groups excluding carboxylic acids is 2. The van der Waals surface area contributed by atoms with E-state index in [0.29, 0.717) is 11.1 Å². The van der Waals surface area contributed by atoms with Crippen molar-refractivity contribution in [2.75, 3.05) is 0 Å². The summed E-state index contributed by atoms with van der Waals surface area (Å²) < 4.78 is 5.24.